The van der Waals surface area contributed by atoms with Crippen molar-refractivity contribution in [3.63, 3.8) is 0 Å². The Hall–Kier alpha value is -1.62. The van der Waals surface area contributed by atoms with Crippen molar-refractivity contribution in [3.8, 4) is 0 Å². The third-order valence-corrected chi connectivity index (χ3v) is 4.78. The summed E-state index contributed by atoms with van der Waals surface area (Å²) in [6.07, 6.45) is 5.97. The van der Waals surface area contributed by atoms with Gasteiger partial charge in [-0.3, -0.25) is 9.59 Å². The van der Waals surface area contributed by atoms with Crippen LogP contribution >= 0.6 is 0 Å². The number of hydrogen-bond acceptors (Lipinski definition) is 3. The van der Waals surface area contributed by atoms with E-state index in [1.54, 1.807) is 6.20 Å². The van der Waals surface area contributed by atoms with Crippen LogP contribution in [0, 0.1) is 6.92 Å². The first-order chi connectivity index (χ1) is 10.1. The Bertz CT molecular complexity index is 583. The average Bonchev–Trinajstić information content (AvgIpc) is 2.78. The molecule has 3 rings (SSSR count). The second-order valence-electron chi connectivity index (χ2n) is 6.25. The van der Waals surface area contributed by atoms with Crippen molar-refractivity contribution in [2.45, 2.75) is 57.7 Å². The molecule has 2 aliphatic heterocycles. The van der Waals surface area contributed by atoms with Gasteiger partial charge in [-0.1, -0.05) is 0 Å². The monoisotopic (exact) mass is 289 g/mol. The van der Waals surface area contributed by atoms with Crippen LogP contribution in [0.25, 0.3) is 0 Å². The normalized spacial score (nSPS) is 27.6. The number of H-pyrrole nitrogens is 1. The number of aromatic nitrogens is 1. The van der Waals surface area contributed by atoms with Crippen LogP contribution in [0.5, 0.6) is 0 Å². The predicted molar refractivity (Wildman–Crippen MR) is 81.5 cm³/mol. The zero-order valence-corrected chi connectivity index (χ0v) is 12.7. The molecule has 2 bridgehead atoms. The highest BCUT2D eigenvalue weighted by molar-refractivity contribution is 5.94. The highest BCUT2D eigenvalue weighted by Gasteiger charge is 2.37. The van der Waals surface area contributed by atoms with Gasteiger partial charge in [0.2, 0.25) is 0 Å². The summed E-state index contributed by atoms with van der Waals surface area (Å²) in [6.45, 7) is 4.46. The van der Waals surface area contributed by atoms with Crippen molar-refractivity contribution >= 4 is 5.91 Å². The quantitative estimate of drug-likeness (QED) is 0.884. The van der Waals surface area contributed by atoms with Crippen LogP contribution < -0.4 is 10.7 Å². The molecule has 2 saturated heterocycles. The first-order valence-electron chi connectivity index (χ1n) is 7.84. The lowest BCUT2D eigenvalue weighted by Gasteiger charge is -2.37. The maximum absolute atomic E-state index is 12.7. The van der Waals surface area contributed by atoms with Gasteiger partial charge >= 0.3 is 0 Å². The van der Waals surface area contributed by atoms with Crippen molar-refractivity contribution in [1.29, 1.82) is 0 Å². The molecule has 2 N–H and O–H groups in total. The second-order valence-corrected chi connectivity index (χ2v) is 6.25. The van der Waals surface area contributed by atoms with Crippen LogP contribution in [-0.2, 0) is 0 Å². The first-order valence-corrected chi connectivity index (χ1v) is 7.84. The number of pyridine rings is 1. The van der Waals surface area contributed by atoms with Gasteiger partial charge in [-0.2, -0.15) is 0 Å². The molecule has 21 heavy (non-hydrogen) atoms. The Labute approximate surface area is 124 Å². The van der Waals surface area contributed by atoms with E-state index in [4.69, 9.17) is 0 Å². The van der Waals surface area contributed by atoms with E-state index in [2.05, 4.69) is 10.3 Å². The molecule has 5 heteroatoms. The maximum atomic E-state index is 12.7. The minimum atomic E-state index is -0.188. The van der Waals surface area contributed by atoms with Gasteiger partial charge in [-0.25, -0.2) is 0 Å². The van der Waals surface area contributed by atoms with E-state index in [1.807, 2.05) is 18.7 Å². The minimum absolute atomic E-state index is 0.134. The standard InChI is InChI=1S/C16H23N3O2/c1-3-19(13-7-11-4-5-12(8-13)18-11)16(21)14-9-17-10(2)6-15(14)20/h6,9,11-13,18H,3-5,7-8H2,1-2H3,(H,17,20). The highest BCUT2D eigenvalue weighted by atomic mass is 16.2. The number of carbonyl (C=O) groups is 1. The first kappa shape index (κ1) is 14.3. The molecule has 114 valence electrons. The topological polar surface area (TPSA) is 65.2 Å². The molecule has 2 fully saturated rings. The van der Waals surface area contributed by atoms with E-state index in [1.165, 1.54) is 18.9 Å². The molecule has 2 atom stereocenters. The van der Waals surface area contributed by atoms with Crippen molar-refractivity contribution in [1.82, 2.24) is 15.2 Å². The van der Waals surface area contributed by atoms with Crippen molar-refractivity contribution in [3.05, 3.63) is 33.7 Å². The van der Waals surface area contributed by atoms with Crippen LogP contribution in [-0.4, -0.2) is 40.5 Å². The summed E-state index contributed by atoms with van der Waals surface area (Å²) in [4.78, 5) is 29.6. The van der Waals surface area contributed by atoms with Gasteiger partial charge in [-0.05, 0) is 39.5 Å². The smallest absolute Gasteiger partial charge is 0.259 e. The third-order valence-electron chi connectivity index (χ3n) is 4.78. The summed E-state index contributed by atoms with van der Waals surface area (Å²) in [6, 6.07) is 2.81. The van der Waals surface area contributed by atoms with E-state index in [9.17, 15) is 9.59 Å². The molecular weight excluding hydrogens is 266 g/mol. The van der Waals surface area contributed by atoms with Crippen LogP contribution in [0.3, 0.4) is 0 Å². The van der Waals surface area contributed by atoms with Crippen LogP contribution in [0.1, 0.15) is 48.7 Å². The van der Waals surface area contributed by atoms with Crippen LogP contribution in [0.2, 0.25) is 0 Å². The second kappa shape index (κ2) is 5.64. The fraction of sp³-hybridized carbons (Fsp3) is 0.625. The number of rotatable bonds is 3. The SMILES string of the molecule is CCN(C(=O)c1c[nH]c(C)cc1=O)C1CC2CCC(C1)N2. The van der Waals surface area contributed by atoms with Crippen LogP contribution in [0.4, 0.5) is 0 Å². The number of nitrogens with one attached hydrogen (secondary N) is 2. The van der Waals surface area contributed by atoms with Crippen molar-refractivity contribution in [2.24, 2.45) is 0 Å². The van der Waals surface area contributed by atoms with Crippen molar-refractivity contribution < 1.29 is 4.79 Å². The van der Waals surface area contributed by atoms with Crippen LogP contribution in [0.15, 0.2) is 17.1 Å². The van der Waals surface area contributed by atoms with E-state index in [0.29, 0.717) is 18.6 Å². The summed E-state index contributed by atoms with van der Waals surface area (Å²) in [5.41, 5.74) is 0.847. The Kier molecular flexibility index (Phi) is 3.85. The van der Waals surface area contributed by atoms with E-state index in [0.717, 1.165) is 18.5 Å². The molecule has 0 aromatic carbocycles. The summed E-state index contributed by atoms with van der Waals surface area (Å²) in [5.74, 6) is -0.134. The fourth-order valence-electron chi connectivity index (χ4n) is 3.74. The molecule has 0 radical (unpaired) electrons. The maximum Gasteiger partial charge on any atom is 0.259 e. The number of carbonyl (C=O) groups excluding carboxylic acids is 1. The highest BCUT2D eigenvalue weighted by Crippen LogP contribution is 2.30. The fourth-order valence-corrected chi connectivity index (χ4v) is 3.74. The van der Waals surface area contributed by atoms with E-state index in [-0.39, 0.29) is 22.9 Å². The Balaban J connectivity index is 1.82. The molecule has 1 aromatic heterocycles. The molecule has 1 aromatic rings. The number of amides is 1. The lowest BCUT2D eigenvalue weighted by atomic mass is 9.97. The summed E-state index contributed by atoms with van der Waals surface area (Å²) in [5, 5.41) is 3.59. The van der Waals surface area contributed by atoms with Gasteiger partial charge in [0.25, 0.3) is 5.91 Å². The summed E-state index contributed by atoms with van der Waals surface area (Å²) in [7, 11) is 0. The molecule has 2 aliphatic rings. The minimum Gasteiger partial charge on any atom is -0.364 e. The Morgan fingerprint density at radius 2 is 2.00 bits per heavy atom. The molecule has 3 heterocycles. The lowest BCUT2D eigenvalue weighted by molar-refractivity contribution is 0.0629. The zero-order chi connectivity index (χ0) is 15.0. The van der Waals surface area contributed by atoms with E-state index >= 15 is 0 Å². The van der Waals surface area contributed by atoms with E-state index < -0.39 is 0 Å². The van der Waals surface area contributed by atoms with Gasteiger partial charge in [0.1, 0.15) is 5.56 Å². The molecule has 5 nitrogen and oxygen atoms in total. The molecule has 0 aliphatic carbocycles. The largest absolute Gasteiger partial charge is 0.364 e. The number of fused-ring (bicyclic) bond motifs is 2. The molecule has 1 amide bonds. The summed E-state index contributed by atoms with van der Waals surface area (Å²) < 4.78 is 0. The van der Waals surface area contributed by atoms with Crippen molar-refractivity contribution in [2.75, 3.05) is 6.54 Å². The molecule has 0 saturated carbocycles. The number of nitrogens with zero attached hydrogens (tertiary/aromatic N) is 1. The molecular formula is C16H23N3O2. The molecule has 0 spiro atoms. The third kappa shape index (κ3) is 2.75. The average molecular weight is 289 g/mol. The predicted octanol–water partition coefficient (Wildman–Crippen LogP) is 1.43. The zero-order valence-electron chi connectivity index (χ0n) is 12.7. The number of aryl methyl sites for hydroxylation is 1. The number of aromatic amines is 1. The number of hydrogen-bond donors (Lipinski definition) is 2. The van der Waals surface area contributed by atoms with Gasteiger partial charge < -0.3 is 15.2 Å². The molecule has 2 unspecified atom stereocenters. The summed E-state index contributed by atoms with van der Waals surface area (Å²) >= 11 is 0. The van der Waals surface area contributed by atoms with Gasteiger partial charge in [0.05, 0.1) is 0 Å². The van der Waals surface area contributed by atoms with Gasteiger partial charge in [0.15, 0.2) is 5.43 Å². The Morgan fingerprint density at radius 1 is 1.33 bits per heavy atom. The van der Waals surface area contributed by atoms with Gasteiger partial charge in [-0.15, -0.1) is 0 Å². The Morgan fingerprint density at radius 3 is 2.57 bits per heavy atom. The van der Waals surface area contributed by atoms with Gasteiger partial charge in [0, 0.05) is 42.6 Å². The lowest BCUT2D eigenvalue weighted by Crippen LogP contribution is -2.50. The number of piperidine rings is 1.